The van der Waals surface area contributed by atoms with Crippen LogP contribution in [0.1, 0.15) is 32.6 Å². The fourth-order valence-electron chi connectivity index (χ4n) is 2.90. The summed E-state index contributed by atoms with van der Waals surface area (Å²) in [5.41, 5.74) is 1.33. The van der Waals surface area contributed by atoms with E-state index in [2.05, 4.69) is 5.32 Å². The fraction of sp³-hybridized carbons (Fsp3) is 0.600. The third kappa shape index (κ3) is 2.71. The third-order valence-corrected chi connectivity index (χ3v) is 4.39. The molecular formula is C15H20N2O3. The summed E-state index contributed by atoms with van der Waals surface area (Å²) in [6.07, 6.45) is 5.28. The summed E-state index contributed by atoms with van der Waals surface area (Å²) < 4.78 is 5.40. The van der Waals surface area contributed by atoms with Gasteiger partial charge in [0.05, 0.1) is 17.6 Å². The number of hydrogen-bond acceptors (Lipinski definition) is 4. The van der Waals surface area contributed by atoms with Gasteiger partial charge >= 0.3 is 0 Å². The summed E-state index contributed by atoms with van der Waals surface area (Å²) in [4.78, 5) is 10.6. The highest BCUT2D eigenvalue weighted by molar-refractivity contribution is 5.56. The van der Waals surface area contributed by atoms with E-state index < -0.39 is 0 Å². The van der Waals surface area contributed by atoms with Gasteiger partial charge in [-0.05, 0) is 43.9 Å². The van der Waals surface area contributed by atoms with E-state index in [0.717, 1.165) is 18.2 Å². The Labute approximate surface area is 118 Å². The summed E-state index contributed by atoms with van der Waals surface area (Å²) in [5, 5.41) is 14.3. The summed E-state index contributed by atoms with van der Waals surface area (Å²) in [5.74, 6) is 1.43. The van der Waals surface area contributed by atoms with Crippen molar-refractivity contribution in [3.63, 3.8) is 0 Å². The molecule has 0 bridgehead atoms. The standard InChI is InChI=1S/C15H20N2O3/c1-2-20-14-8-12(7-13(9-14)17(18)19)16-10-15(5-6-15)11-3-4-11/h7-9,11,16H,2-6,10H2,1H3. The van der Waals surface area contributed by atoms with Gasteiger partial charge in [0.2, 0.25) is 0 Å². The van der Waals surface area contributed by atoms with Gasteiger partial charge < -0.3 is 10.1 Å². The average Bonchev–Trinajstić information content (AvgIpc) is 3.27. The van der Waals surface area contributed by atoms with Crippen molar-refractivity contribution in [3.05, 3.63) is 28.3 Å². The predicted molar refractivity (Wildman–Crippen MR) is 77.1 cm³/mol. The molecular weight excluding hydrogens is 256 g/mol. The lowest BCUT2D eigenvalue weighted by Crippen LogP contribution is -2.17. The average molecular weight is 276 g/mol. The van der Waals surface area contributed by atoms with Gasteiger partial charge in [0, 0.05) is 24.4 Å². The molecule has 1 aromatic rings. The van der Waals surface area contributed by atoms with Crippen LogP contribution in [-0.4, -0.2) is 18.1 Å². The van der Waals surface area contributed by atoms with Gasteiger partial charge in [-0.3, -0.25) is 10.1 Å². The number of non-ortho nitro benzene ring substituents is 1. The van der Waals surface area contributed by atoms with Gasteiger partial charge in [0.25, 0.3) is 5.69 Å². The summed E-state index contributed by atoms with van der Waals surface area (Å²) in [7, 11) is 0. The first-order chi connectivity index (χ1) is 9.63. The lowest BCUT2D eigenvalue weighted by atomic mass is 10.0. The number of hydrogen-bond donors (Lipinski definition) is 1. The van der Waals surface area contributed by atoms with Crippen LogP contribution in [0.4, 0.5) is 11.4 Å². The number of anilines is 1. The smallest absolute Gasteiger partial charge is 0.275 e. The molecule has 1 aromatic carbocycles. The van der Waals surface area contributed by atoms with Gasteiger partial charge in [0.15, 0.2) is 0 Å². The van der Waals surface area contributed by atoms with Crippen LogP contribution in [0.2, 0.25) is 0 Å². The maximum atomic E-state index is 11.0. The van der Waals surface area contributed by atoms with Crippen molar-refractivity contribution in [1.29, 1.82) is 0 Å². The van der Waals surface area contributed by atoms with Crippen LogP contribution in [0.5, 0.6) is 5.75 Å². The van der Waals surface area contributed by atoms with Crippen LogP contribution in [0, 0.1) is 21.4 Å². The van der Waals surface area contributed by atoms with Crippen LogP contribution >= 0.6 is 0 Å². The second-order valence-corrected chi connectivity index (χ2v) is 5.90. The first kappa shape index (κ1) is 13.2. The number of rotatable bonds is 7. The highest BCUT2D eigenvalue weighted by atomic mass is 16.6. The lowest BCUT2D eigenvalue weighted by Gasteiger charge is -2.16. The van der Waals surface area contributed by atoms with Gasteiger partial charge in [-0.25, -0.2) is 0 Å². The number of ether oxygens (including phenoxy) is 1. The topological polar surface area (TPSA) is 64.4 Å². The molecule has 2 saturated carbocycles. The molecule has 0 atom stereocenters. The number of nitrogens with zero attached hydrogens (tertiary/aromatic N) is 1. The molecule has 0 unspecified atom stereocenters. The molecule has 1 N–H and O–H groups in total. The molecule has 108 valence electrons. The summed E-state index contributed by atoms with van der Waals surface area (Å²) in [6.45, 7) is 3.30. The first-order valence-corrected chi connectivity index (χ1v) is 7.29. The van der Waals surface area contributed by atoms with Gasteiger partial charge in [0.1, 0.15) is 5.75 Å². The Hall–Kier alpha value is -1.78. The molecule has 0 heterocycles. The minimum Gasteiger partial charge on any atom is -0.494 e. The molecule has 20 heavy (non-hydrogen) atoms. The Morgan fingerprint density at radius 3 is 2.70 bits per heavy atom. The minimum absolute atomic E-state index is 0.0784. The van der Waals surface area contributed by atoms with Gasteiger partial charge in [-0.2, -0.15) is 0 Å². The minimum atomic E-state index is -0.374. The molecule has 0 aromatic heterocycles. The zero-order valence-corrected chi connectivity index (χ0v) is 11.7. The predicted octanol–water partition coefficient (Wildman–Crippen LogP) is 3.60. The highest BCUT2D eigenvalue weighted by Gasteiger charge is 2.53. The fourth-order valence-corrected chi connectivity index (χ4v) is 2.90. The zero-order chi connectivity index (χ0) is 14.2. The van der Waals surface area contributed by atoms with Gasteiger partial charge in [-0.15, -0.1) is 0 Å². The molecule has 2 fully saturated rings. The van der Waals surface area contributed by atoms with Crippen molar-refractivity contribution in [3.8, 4) is 5.75 Å². The third-order valence-electron chi connectivity index (χ3n) is 4.39. The van der Waals surface area contributed by atoms with Gasteiger partial charge in [-0.1, -0.05) is 0 Å². The van der Waals surface area contributed by atoms with Crippen LogP contribution in [0.25, 0.3) is 0 Å². The largest absolute Gasteiger partial charge is 0.494 e. The second kappa shape index (κ2) is 4.96. The molecule has 5 heteroatoms. The Bertz CT molecular complexity index is 522. The van der Waals surface area contributed by atoms with E-state index in [1.165, 1.54) is 31.7 Å². The quantitative estimate of drug-likeness (QED) is 0.610. The van der Waals surface area contributed by atoms with E-state index >= 15 is 0 Å². The molecule has 3 rings (SSSR count). The number of nitro benzene ring substituents is 1. The summed E-state index contributed by atoms with van der Waals surface area (Å²) in [6, 6.07) is 4.91. The Balaban J connectivity index is 1.72. The Kier molecular flexibility index (Phi) is 3.28. The summed E-state index contributed by atoms with van der Waals surface area (Å²) >= 11 is 0. The monoisotopic (exact) mass is 276 g/mol. The van der Waals surface area contributed by atoms with E-state index in [1.807, 2.05) is 13.0 Å². The maximum Gasteiger partial charge on any atom is 0.275 e. The Morgan fingerprint density at radius 1 is 1.40 bits per heavy atom. The molecule has 0 spiro atoms. The number of nitrogens with one attached hydrogen (secondary N) is 1. The molecule has 2 aliphatic carbocycles. The van der Waals surface area contributed by atoms with Crippen molar-refractivity contribution in [1.82, 2.24) is 0 Å². The van der Waals surface area contributed by atoms with Crippen molar-refractivity contribution in [2.75, 3.05) is 18.5 Å². The molecule has 0 saturated heterocycles. The maximum absolute atomic E-state index is 11.0. The van der Waals surface area contributed by atoms with E-state index in [4.69, 9.17) is 4.74 Å². The van der Waals surface area contributed by atoms with Crippen molar-refractivity contribution in [2.45, 2.75) is 32.6 Å². The van der Waals surface area contributed by atoms with Crippen molar-refractivity contribution < 1.29 is 9.66 Å². The van der Waals surface area contributed by atoms with Crippen LogP contribution in [-0.2, 0) is 0 Å². The van der Waals surface area contributed by atoms with Crippen LogP contribution < -0.4 is 10.1 Å². The molecule has 0 amide bonds. The van der Waals surface area contributed by atoms with Crippen molar-refractivity contribution >= 4 is 11.4 Å². The second-order valence-electron chi connectivity index (χ2n) is 5.90. The SMILES string of the molecule is CCOc1cc(NCC2(C3CC3)CC2)cc([N+](=O)[O-])c1. The Morgan fingerprint density at radius 2 is 2.15 bits per heavy atom. The number of benzene rings is 1. The molecule has 0 aliphatic heterocycles. The molecule has 5 nitrogen and oxygen atoms in total. The van der Waals surface area contributed by atoms with Crippen LogP contribution in [0.3, 0.4) is 0 Å². The van der Waals surface area contributed by atoms with E-state index in [1.54, 1.807) is 6.07 Å². The molecule has 0 radical (unpaired) electrons. The van der Waals surface area contributed by atoms with E-state index in [9.17, 15) is 10.1 Å². The first-order valence-electron chi connectivity index (χ1n) is 7.29. The van der Waals surface area contributed by atoms with E-state index in [-0.39, 0.29) is 10.6 Å². The lowest BCUT2D eigenvalue weighted by molar-refractivity contribution is -0.384. The van der Waals surface area contributed by atoms with E-state index in [0.29, 0.717) is 17.8 Å². The number of nitro groups is 1. The highest BCUT2D eigenvalue weighted by Crippen LogP contribution is 2.61. The van der Waals surface area contributed by atoms with Crippen LogP contribution in [0.15, 0.2) is 18.2 Å². The van der Waals surface area contributed by atoms with Crippen molar-refractivity contribution in [2.24, 2.45) is 11.3 Å². The zero-order valence-electron chi connectivity index (χ0n) is 11.7. The normalized spacial score (nSPS) is 19.4. The molecule has 2 aliphatic rings.